The lowest BCUT2D eigenvalue weighted by Gasteiger charge is -2.04. The van der Waals surface area contributed by atoms with Crippen LogP contribution in [-0.2, 0) is 13.5 Å². The summed E-state index contributed by atoms with van der Waals surface area (Å²) in [6.07, 6.45) is 5.88. The molecule has 0 bridgehead atoms. The molecule has 2 rings (SSSR count). The molecule has 2 N–H and O–H groups in total. The van der Waals surface area contributed by atoms with Crippen LogP contribution in [0.25, 0.3) is 0 Å². The quantitative estimate of drug-likeness (QED) is 0.803. The average molecular weight is 233 g/mol. The fourth-order valence-electron chi connectivity index (χ4n) is 1.60. The van der Waals surface area contributed by atoms with E-state index in [-0.39, 0.29) is 5.91 Å². The summed E-state index contributed by atoms with van der Waals surface area (Å²) in [7, 11) is 1.93. The Hall–Kier alpha value is -2.11. The van der Waals surface area contributed by atoms with Crippen LogP contribution < -0.4 is 5.32 Å². The molecule has 0 aliphatic carbocycles. The van der Waals surface area contributed by atoms with Gasteiger partial charge in [0.05, 0.1) is 11.8 Å². The average Bonchev–Trinajstić information content (AvgIpc) is 2.88. The van der Waals surface area contributed by atoms with E-state index in [1.807, 2.05) is 24.7 Å². The molecule has 0 radical (unpaired) electrons. The van der Waals surface area contributed by atoms with Gasteiger partial charge in [0.25, 0.3) is 5.91 Å². The van der Waals surface area contributed by atoms with Crippen LogP contribution in [-0.4, -0.2) is 32.2 Å². The summed E-state index contributed by atoms with van der Waals surface area (Å²) in [5, 5.41) is 9.39. The van der Waals surface area contributed by atoms with E-state index in [2.05, 4.69) is 20.5 Å². The van der Waals surface area contributed by atoms with Crippen molar-refractivity contribution in [3.8, 4) is 0 Å². The maximum atomic E-state index is 11.7. The third-order valence-corrected chi connectivity index (χ3v) is 2.63. The molecule has 0 saturated carbocycles. The number of nitrogens with one attached hydrogen (secondary N) is 2. The number of imidazole rings is 1. The zero-order valence-electron chi connectivity index (χ0n) is 9.90. The highest BCUT2D eigenvalue weighted by Crippen LogP contribution is 2.02. The van der Waals surface area contributed by atoms with Gasteiger partial charge in [0.15, 0.2) is 0 Å². The highest BCUT2D eigenvalue weighted by molar-refractivity contribution is 5.94. The smallest absolute Gasteiger partial charge is 0.254 e. The second kappa shape index (κ2) is 4.82. The van der Waals surface area contributed by atoms with Gasteiger partial charge in [-0.2, -0.15) is 5.10 Å². The minimum atomic E-state index is -0.106. The van der Waals surface area contributed by atoms with Gasteiger partial charge in [-0.1, -0.05) is 0 Å². The van der Waals surface area contributed by atoms with Gasteiger partial charge in [0.2, 0.25) is 0 Å². The van der Waals surface area contributed by atoms with E-state index in [9.17, 15) is 4.79 Å². The molecule has 2 aromatic heterocycles. The van der Waals surface area contributed by atoms with Gasteiger partial charge in [-0.05, 0) is 6.92 Å². The summed E-state index contributed by atoms with van der Waals surface area (Å²) in [4.78, 5) is 15.9. The van der Waals surface area contributed by atoms with Crippen LogP contribution in [0.2, 0.25) is 0 Å². The minimum Gasteiger partial charge on any atom is -0.351 e. The third-order valence-electron chi connectivity index (χ3n) is 2.63. The molecule has 0 aliphatic rings. The van der Waals surface area contributed by atoms with Crippen molar-refractivity contribution in [2.24, 2.45) is 7.05 Å². The molecular weight excluding hydrogens is 218 g/mol. The van der Waals surface area contributed by atoms with Gasteiger partial charge in [-0.25, -0.2) is 4.98 Å². The molecule has 90 valence electrons. The first-order chi connectivity index (χ1) is 8.18. The molecule has 0 fully saturated rings. The van der Waals surface area contributed by atoms with Crippen molar-refractivity contribution in [2.75, 3.05) is 6.54 Å². The van der Waals surface area contributed by atoms with E-state index in [4.69, 9.17) is 0 Å². The number of amides is 1. The molecule has 1 amide bonds. The van der Waals surface area contributed by atoms with E-state index in [1.54, 1.807) is 6.20 Å². The Morgan fingerprint density at radius 2 is 2.41 bits per heavy atom. The largest absolute Gasteiger partial charge is 0.351 e. The molecule has 6 nitrogen and oxygen atoms in total. The third kappa shape index (κ3) is 2.52. The van der Waals surface area contributed by atoms with E-state index in [1.165, 1.54) is 6.20 Å². The highest BCUT2D eigenvalue weighted by atomic mass is 16.1. The fourth-order valence-corrected chi connectivity index (χ4v) is 1.60. The van der Waals surface area contributed by atoms with Gasteiger partial charge in [-0.15, -0.1) is 0 Å². The predicted octanol–water partition coefficient (Wildman–Crippen LogP) is 0.424. The summed E-state index contributed by atoms with van der Waals surface area (Å²) >= 11 is 0. The second-order valence-electron chi connectivity index (χ2n) is 3.87. The molecular formula is C11H15N5O. The van der Waals surface area contributed by atoms with E-state index < -0.39 is 0 Å². The van der Waals surface area contributed by atoms with Crippen molar-refractivity contribution in [2.45, 2.75) is 13.3 Å². The Bertz CT molecular complexity index is 513. The van der Waals surface area contributed by atoms with Crippen molar-refractivity contribution in [3.63, 3.8) is 0 Å². The number of carbonyl (C=O) groups is 1. The van der Waals surface area contributed by atoms with Crippen LogP contribution in [0.3, 0.4) is 0 Å². The molecule has 0 unspecified atom stereocenters. The molecule has 17 heavy (non-hydrogen) atoms. The molecule has 2 aromatic rings. The number of hydrogen-bond donors (Lipinski definition) is 2. The van der Waals surface area contributed by atoms with Gasteiger partial charge in [-0.3, -0.25) is 9.89 Å². The van der Waals surface area contributed by atoms with Crippen LogP contribution in [0.4, 0.5) is 0 Å². The highest BCUT2D eigenvalue weighted by Gasteiger charge is 2.10. The molecule has 0 spiro atoms. The van der Waals surface area contributed by atoms with Crippen LogP contribution >= 0.6 is 0 Å². The first-order valence-corrected chi connectivity index (χ1v) is 5.43. The lowest BCUT2D eigenvalue weighted by atomic mass is 10.2. The van der Waals surface area contributed by atoms with Crippen LogP contribution in [0, 0.1) is 6.92 Å². The van der Waals surface area contributed by atoms with Crippen molar-refractivity contribution >= 4 is 5.91 Å². The van der Waals surface area contributed by atoms with Gasteiger partial charge >= 0.3 is 0 Å². The van der Waals surface area contributed by atoms with Crippen LogP contribution in [0.15, 0.2) is 18.6 Å². The molecule has 0 saturated heterocycles. The maximum absolute atomic E-state index is 11.7. The Kier molecular flexibility index (Phi) is 3.22. The monoisotopic (exact) mass is 233 g/mol. The summed E-state index contributed by atoms with van der Waals surface area (Å²) in [5.74, 6) is 0.847. The number of nitrogens with zero attached hydrogens (tertiary/aromatic N) is 3. The standard InChI is InChI=1S/C11H15N5O/c1-8-9(7-14-15-8)11(17)13-4-3-10-12-5-6-16(10)2/h5-7H,3-4H2,1-2H3,(H,13,17)(H,14,15). The molecule has 0 aromatic carbocycles. The van der Waals surface area contributed by atoms with Crippen molar-refractivity contribution in [1.29, 1.82) is 0 Å². The number of hydrogen-bond acceptors (Lipinski definition) is 3. The van der Waals surface area contributed by atoms with Gasteiger partial charge in [0, 0.05) is 38.1 Å². The van der Waals surface area contributed by atoms with Crippen molar-refractivity contribution in [1.82, 2.24) is 25.1 Å². The first kappa shape index (κ1) is 11.4. The van der Waals surface area contributed by atoms with Crippen LogP contribution in [0.1, 0.15) is 21.9 Å². The summed E-state index contributed by atoms with van der Waals surface area (Å²) in [6.45, 7) is 2.38. The predicted molar refractivity (Wildman–Crippen MR) is 62.6 cm³/mol. The van der Waals surface area contributed by atoms with E-state index in [0.29, 0.717) is 18.5 Å². The zero-order chi connectivity index (χ0) is 12.3. The Morgan fingerprint density at radius 1 is 1.59 bits per heavy atom. The lowest BCUT2D eigenvalue weighted by molar-refractivity contribution is 0.0953. The molecule has 2 heterocycles. The summed E-state index contributed by atoms with van der Waals surface area (Å²) in [5.41, 5.74) is 1.37. The van der Waals surface area contributed by atoms with Crippen LogP contribution in [0.5, 0.6) is 0 Å². The SMILES string of the molecule is Cc1[nH]ncc1C(=O)NCCc1nccn1C. The Balaban J connectivity index is 1.86. The molecule has 6 heteroatoms. The Labute approximate surface area is 99.1 Å². The summed E-state index contributed by atoms with van der Waals surface area (Å²) in [6, 6.07) is 0. The minimum absolute atomic E-state index is 0.106. The summed E-state index contributed by atoms with van der Waals surface area (Å²) < 4.78 is 1.94. The van der Waals surface area contributed by atoms with E-state index in [0.717, 1.165) is 11.5 Å². The number of aromatic amines is 1. The van der Waals surface area contributed by atoms with E-state index >= 15 is 0 Å². The number of aromatic nitrogens is 4. The Morgan fingerprint density at radius 3 is 3.00 bits per heavy atom. The molecule has 0 aliphatic heterocycles. The number of rotatable bonds is 4. The maximum Gasteiger partial charge on any atom is 0.254 e. The van der Waals surface area contributed by atoms with Crippen molar-refractivity contribution < 1.29 is 4.79 Å². The van der Waals surface area contributed by atoms with Gasteiger partial charge < -0.3 is 9.88 Å². The van der Waals surface area contributed by atoms with Gasteiger partial charge in [0.1, 0.15) is 5.82 Å². The van der Waals surface area contributed by atoms with Crippen molar-refractivity contribution in [3.05, 3.63) is 35.7 Å². The lowest BCUT2D eigenvalue weighted by Crippen LogP contribution is -2.26. The molecule has 0 atom stereocenters. The fraction of sp³-hybridized carbons (Fsp3) is 0.364. The second-order valence-corrected chi connectivity index (χ2v) is 3.87. The number of H-pyrrole nitrogens is 1. The normalized spacial score (nSPS) is 10.5. The number of carbonyl (C=O) groups excluding carboxylic acids is 1. The topological polar surface area (TPSA) is 75.6 Å². The number of aryl methyl sites for hydroxylation is 2. The first-order valence-electron chi connectivity index (χ1n) is 5.43. The zero-order valence-corrected chi connectivity index (χ0v) is 9.90.